The number of hydrogen-bond acceptors (Lipinski definition) is 15. The summed E-state index contributed by atoms with van der Waals surface area (Å²) < 4.78 is 68.2. The lowest BCUT2D eigenvalue weighted by atomic mass is 10.0. The molecule has 0 aromatic rings. The number of aliphatic hydroxyl groups is 1. The van der Waals surface area contributed by atoms with Gasteiger partial charge in [-0.2, -0.15) is 0 Å². The fourth-order valence-electron chi connectivity index (χ4n) is 11.1. The van der Waals surface area contributed by atoms with Crippen LogP contribution in [0.2, 0.25) is 0 Å². The Labute approximate surface area is 562 Å². The first-order chi connectivity index (χ1) is 44.2. The Morgan fingerprint density at radius 2 is 0.500 bits per heavy atom. The summed E-state index contributed by atoms with van der Waals surface area (Å²) in [6.07, 6.45) is 49.0. The second-order valence-corrected chi connectivity index (χ2v) is 30.7. The molecule has 0 aromatic carbocycles. The molecule has 0 fully saturated rings. The standard InChI is InChI=1S/C73H142O17P2/c1-8-9-10-11-30-40-47-54-70(75)83-60-69(90-73(78)57-50-43-36-35-39-46-53-66(6)7)63-88-92(81,82)86-59-67(74)58-85-91(79,80)87-62-68(89-72(77)56-49-42-34-29-25-21-17-13-15-19-23-27-32-38-45-52-65(4)5)61-84-71(76)55-48-41-33-28-24-20-16-12-14-18-22-26-31-37-44-51-64(2)3/h64-69,74H,8-63H2,1-7H3,(H,79,80)(H,81,82)/t67-,68-,69-/m1/s1. The van der Waals surface area contributed by atoms with E-state index < -0.39 is 97.5 Å². The number of unbranched alkanes of at least 4 members (excludes halogenated alkanes) is 39. The lowest BCUT2D eigenvalue weighted by Crippen LogP contribution is -2.30. The molecule has 92 heavy (non-hydrogen) atoms. The number of phosphoric ester groups is 2. The summed E-state index contributed by atoms with van der Waals surface area (Å²) >= 11 is 0. The largest absolute Gasteiger partial charge is 0.472 e. The topological polar surface area (TPSA) is 237 Å². The van der Waals surface area contributed by atoms with Gasteiger partial charge in [-0.05, 0) is 43.4 Å². The highest BCUT2D eigenvalue weighted by Crippen LogP contribution is 2.45. The molecule has 0 aliphatic carbocycles. The van der Waals surface area contributed by atoms with Crippen LogP contribution in [0.1, 0.15) is 370 Å². The lowest BCUT2D eigenvalue weighted by Gasteiger charge is -2.21. The first-order valence-corrected chi connectivity index (χ1v) is 40.8. The molecule has 19 heteroatoms. The lowest BCUT2D eigenvalue weighted by molar-refractivity contribution is -0.161. The van der Waals surface area contributed by atoms with Gasteiger partial charge in [-0.3, -0.25) is 37.3 Å². The van der Waals surface area contributed by atoms with E-state index in [1.165, 1.54) is 167 Å². The summed E-state index contributed by atoms with van der Waals surface area (Å²) in [4.78, 5) is 72.5. The number of ether oxygens (including phenoxy) is 4. The Hall–Kier alpha value is -1.94. The molecule has 0 aromatic heterocycles. The van der Waals surface area contributed by atoms with Gasteiger partial charge in [0, 0.05) is 25.7 Å². The van der Waals surface area contributed by atoms with Crippen molar-refractivity contribution in [2.75, 3.05) is 39.6 Å². The van der Waals surface area contributed by atoms with Gasteiger partial charge in [0.25, 0.3) is 0 Å². The van der Waals surface area contributed by atoms with Gasteiger partial charge in [-0.15, -0.1) is 0 Å². The molecule has 0 bridgehead atoms. The van der Waals surface area contributed by atoms with Crippen molar-refractivity contribution in [3.8, 4) is 0 Å². The molecule has 0 heterocycles. The van der Waals surface area contributed by atoms with Gasteiger partial charge in [0.15, 0.2) is 12.2 Å². The molecule has 3 N–H and O–H groups in total. The molecule has 17 nitrogen and oxygen atoms in total. The maximum Gasteiger partial charge on any atom is 0.472 e. The molecule has 0 rings (SSSR count). The summed E-state index contributed by atoms with van der Waals surface area (Å²) in [5.74, 6) is 0.148. The SMILES string of the molecule is CCCCCCCCCC(=O)OC[C@H](COP(=O)(O)OC[C@H](O)COP(=O)(O)OC[C@@H](COC(=O)CCCCCCCCCCCCCCCCCC(C)C)OC(=O)CCCCCCCCCCCCCCCCCC(C)C)OC(=O)CCCCCCCCC(C)C. The van der Waals surface area contributed by atoms with Gasteiger partial charge in [0.2, 0.25) is 0 Å². The number of hydrogen-bond donors (Lipinski definition) is 3. The summed E-state index contributed by atoms with van der Waals surface area (Å²) in [5.41, 5.74) is 0. The van der Waals surface area contributed by atoms with Crippen molar-refractivity contribution >= 4 is 39.5 Å². The summed E-state index contributed by atoms with van der Waals surface area (Å²) in [6.45, 7) is 11.8. The minimum atomic E-state index is -4.95. The zero-order valence-corrected chi connectivity index (χ0v) is 61.8. The van der Waals surface area contributed by atoms with E-state index in [1.54, 1.807) is 0 Å². The minimum absolute atomic E-state index is 0.102. The van der Waals surface area contributed by atoms with Crippen molar-refractivity contribution < 1.29 is 80.2 Å². The van der Waals surface area contributed by atoms with Crippen LogP contribution >= 0.6 is 15.6 Å². The second-order valence-electron chi connectivity index (χ2n) is 27.8. The summed E-state index contributed by atoms with van der Waals surface area (Å²) in [5, 5.41) is 10.6. The van der Waals surface area contributed by atoms with Crippen LogP contribution in [0.15, 0.2) is 0 Å². The first kappa shape index (κ1) is 90.1. The van der Waals surface area contributed by atoms with Gasteiger partial charge in [0.05, 0.1) is 26.4 Å². The molecule has 5 atom stereocenters. The number of rotatable bonds is 71. The van der Waals surface area contributed by atoms with E-state index in [9.17, 15) is 43.2 Å². The predicted molar refractivity (Wildman–Crippen MR) is 372 cm³/mol. The molecule has 0 aliphatic heterocycles. The van der Waals surface area contributed by atoms with Crippen molar-refractivity contribution in [2.24, 2.45) is 17.8 Å². The third-order valence-corrected chi connectivity index (χ3v) is 18.8. The Morgan fingerprint density at radius 3 is 0.739 bits per heavy atom. The van der Waals surface area contributed by atoms with E-state index in [4.69, 9.17) is 37.0 Å². The van der Waals surface area contributed by atoms with E-state index >= 15 is 0 Å². The fraction of sp³-hybridized carbons (Fsp3) is 0.945. The quantitative estimate of drug-likeness (QED) is 0.0222. The molecule has 2 unspecified atom stereocenters. The Kier molecular flexibility index (Phi) is 62.4. The number of carbonyl (C=O) groups excluding carboxylic acids is 4. The molecule has 0 amide bonds. The van der Waals surface area contributed by atoms with Crippen LogP contribution in [-0.2, 0) is 65.4 Å². The Bertz CT molecular complexity index is 1800. The fourth-order valence-corrected chi connectivity index (χ4v) is 12.7. The van der Waals surface area contributed by atoms with Crippen LogP contribution in [0.25, 0.3) is 0 Å². The maximum atomic E-state index is 13.1. The number of carbonyl (C=O) groups is 4. The molecule has 0 spiro atoms. The van der Waals surface area contributed by atoms with Crippen LogP contribution in [0, 0.1) is 17.8 Å². The van der Waals surface area contributed by atoms with E-state index in [0.29, 0.717) is 31.6 Å². The number of phosphoric acid groups is 2. The van der Waals surface area contributed by atoms with Crippen molar-refractivity contribution in [3.05, 3.63) is 0 Å². The van der Waals surface area contributed by atoms with E-state index in [2.05, 4.69) is 48.5 Å². The average molecular weight is 1350 g/mol. The van der Waals surface area contributed by atoms with Gasteiger partial charge < -0.3 is 33.8 Å². The van der Waals surface area contributed by atoms with Crippen LogP contribution < -0.4 is 0 Å². The Balaban J connectivity index is 5.17. The average Bonchev–Trinajstić information content (AvgIpc) is 2.13. The second kappa shape index (κ2) is 63.8. The van der Waals surface area contributed by atoms with E-state index in [-0.39, 0.29) is 25.7 Å². The number of esters is 4. The molecule has 546 valence electrons. The van der Waals surface area contributed by atoms with Crippen molar-refractivity contribution in [2.45, 2.75) is 388 Å². The van der Waals surface area contributed by atoms with Crippen molar-refractivity contribution in [3.63, 3.8) is 0 Å². The van der Waals surface area contributed by atoms with Gasteiger partial charge >= 0.3 is 39.5 Å². The van der Waals surface area contributed by atoms with Crippen LogP contribution in [0.3, 0.4) is 0 Å². The zero-order valence-electron chi connectivity index (χ0n) is 60.0. The van der Waals surface area contributed by atoms with Crippen LogP contribution in [0.5, 0.6) is 0 Å². The third kappa shape index (κ3) is 66.7. The first-order valence-electron chi connectivity index (χ1n) is 37.8. The van der Waals surface area contributed by atoms with Crippen LogP contribution in [-0.4, -0.2) is 96.7 Å². The molecule has 0 aliphatic rings. The number of aliphatic hydroxyl groups excluding tert-OH is 1. The van der Waals surface area contributed by atoms with E-state index in [1.807, 2.05) is 0 Å². The van der Waals surface area contributed by atoms with Crippen molar-refractivity contribution in [1.29, 1.82) is 0 Å². The normalized spacial score (nSPS) is 14.1. The summed E-state index contributed by atoms with van der Waals surface area (Å²) in [7, 11) is -9.90. The Morgan fingerprint density at radius 1 is 0.293 bits per heavy atom. The predicted octanol–water partition coefficient (Wildman–Crippen LogP) is 21.0. The zero-order chi connectivity index (χ0) is 68.0. The monoisotopic (exact) mass is 1350 g/mol. The molecular formula is C73H142O17P2. The van der Waals surface area contributed by atoms with E-state index in [0.717, 1.165) is 115 Å². The minimum Gasteiger partial charge on any atom is -0.462 e. The summed E-state index contributed by atoms with van der Waals surface area (Å²) in [6, 6.07) is 0. The molecule has 0 saturated carbocycles. The third-order valence-electron chi connectivity index (χ3n) is 16.9. The van der Waals surface area contributed by atoms with Gasteiger partial charge in [-0.25, -0.2) is 9.13 Å². The highest BCUT2D eigenvalue weighted by molar-refractivity contribution is 7.47. The van der Waals surface area contributed by atoms with Crippen molar-refractivity contribution in [1.82, 2.24) is 0 Å². The van der Waals surface area contributed by atoms with Crippen LogP contribution in [0.4, 0.5) is 0 Å². The smallest absolute Gasteiger partial charge is 0.462 e. The molecule has 0 radical (unpaired) electrons. The van der Waals surface area contributed by atoms with Gasteiger partial charge in [0.1, 0.15) is 19.3 Å². The van der Waals surface area contributed by atoms with Gasteiger partial charge in [-0.1, -0.05) is 318 Å². The molecule has 0 saturated heterocycles. The highest BCUT2D eigenvalue weighted by Gasteiger charge is 2.30. The molecular weight excluding hydrogens is 1210 g/mol. The maximum absolute atomic E-state index is 13.1. The highest BCUT2D eigenvalue weighted by atomic mass is 31.2.